The number of nitrogens with zero attached hydrogens (tertiary/aromatic N) is 2. The highest BCUT2D eigenvalue weighted by Crippen LogP contribution is 2.21. The summed E-state index contributed by atoms with van der Waals surface area (Å²) >= 11 is 0. The van der Waals surface area contributed by atoms with Crippen molar-refractivity contribution in [3.63, 3.8) is 0 Å². The van der Waals surface area contributed by atoms with Gasteiger partial charge >= 0.3 is 0 Å². The van der Waals surface area contributed by atoms with Gasteiger partial charge in [-0.05, 0) is 26.4 Å². The van der Waals surface area contributed by atoms with E-state index in [1.807, 2.05) is 0 Å². The molecule has 2 N–H and O–H groups in total. The molecule has 2 heterocycles. The minimum absolute atomic E-state index is 0.0557. The number of hydrogen-bond acceptors (Lipinski definition) is 4. The number of hydroxylamine groups is 2. The van der Waals surface area contributed by atoms with Gasteiger partial charge in [0.1, 0.15) is 6.54 Å². The minimum atomic E-state index is -0.0931. The molecule has 14 heavy (non-hydrogen) atoms. The topological polar surface area (TPSA) is 55.8 Å². The number of piperazine rings is 1. The summed E-state index contributed by atoms with van der Waals surface area (Å²) in [6.45, 7) is 1.75. The maximum Gasteiger partial charge on any atom is 0.236 e. The maximum absolute atomic E-state index is 11.0. The van der Waals surface area contributed by atoms with Crippen LogP contribution >= 0.6 is 0 Å². The van der Waals surface area contributed by atoms with Gasteiger partial charge < -0.3 is 15.4 Å². The van der Waals surface area contributed by atoms with Gasteiger partial charge in [0.05, 0.1) is 6.04 Å². The van der Waals surface area contributed by atoms with Crippen LogP contribution in [-0.4, -0.2) is 59.8 Å². The van der Waals surface area contributed by atoms with Crippen LogP contribution in [0.15, 0.2) is 0 Å². The molecule has 80 valence electrons. The second-order valence-corrected chi connectivity index (χ2v) is 4.16. The van der Waals surface area contributed by atoms with Gasteiger partial charge in [0, 0.05) is 12.6 Å². The summed E-state index contributed by atoms with van der Waals surface area (Å²) in [7, 11) is 2.07. The first kappa shape index (κ1) is 9.89. The van der Waals surface area contributed by atoms with E-state index in [1.54, 1.807) is 0 Å². The van der Waals surface area contributed by atoms with E-state index in [4.69, 9.17) is 0 Å². The Kier molecular flexibility index (Phi) is 2.71. The fraction of sp³-hybridized carbons (Fsp3) is 0.889. The Labute approximate surface area is 83.6 Å². The van der Waals surface area contributed by atoms with E-state index in [-0.39, 0.29) is 18.5 Å². The van der Waals surface area contributed by atoms with E-state index in [1.165, 1.54) is 11.5 Å². The van der Waals surface area contributed by atoms with Gasteiger partial charge in [0.15, 0.2) is 0 Å². The van der Waals surface area contributed by atoms with Crippen LogP contribution in [0.5, 0.6) is 0 Å². The molecule has 2 aliphatic rings. The van der Waals surface area contributed by atoms with Crippen molar-refractivity contribution in [2.45, 2.75) is 24.9 Å². The third kappa shape index (κ3) is 1.75. The first-order valence-electron chi connectivity index (χ1n) is 5.11. The van der Waals surface area contributed by atoms with Crippen molar-refractivity contribution in [3.05, 3.63) is 0 Å². The zero-order valence-corrected chi connectivity index (χ0v) is 8.44. The van der Waals surface area contributed by atoms with E-state index in [0.29, 0.717) is 12.6 Å². The van der Waals surface area contributed by atoms with Crippen molar-refractivity contribution in [2.75, 3.05) is 26.7 Å². The minimum Gasteiger partial charge on any atom is -0.353 e. The van der Waals surface area contributed by atoms with Crippen LogP contribution in [0.25, 0.3) is 0 Å². The predicted octanol–water partition coefficient (Wildman–Crippen LogP) is -0.730. The van der Waals surface area contributed by atoms with Crippen LogP contribution in [0.2, 0.25) is 0 Å². The van der Waals surface area contributed by atoms with E-state index in [2.05, 4.69) is 17.3 Å². The Morgan fingerprint density at radius 3 is 2.86 bits per heavy atom. The van der Waals surface area contributed by atoms with E-state index < -0.39 is 0 Å². The molecular formula is C9H17N3O2. The van der Waals surface area contributed by atoms with Gasteiger partial charge in [0.2, 0.25) is 5.91 Å². The summed E-state index contributed by atoms with van der Waals surface area (Å²) in [6.07, 6.45) is 2.29. The van der Waals surface area contributed by atoms with Gasteiger partial charge in [-0.15, -0.1) is 0 Å². The standard InChI is InChI=1S/C9H17N3O2/c1-11-4-2-3-7(11)8-5-10-9(13)6-12(8)14/h7-8,14H,2-6H2,1H3,(H,10,13). The predicted molar refractivity (Wildman–Crippen MR) is 50.9 cm³/mol. The molecule has 5 heteroatoms. The zero-order valence-electron chi connectivity index (χ0n) is 8.44. The first-order chi connectivity index (χ1) is 6.68. The lowest BCUT2D eigenvalue weighted by Gasteiger charge is -2.37. The number of nitrogens with one attached hydrogen (secondary N) is 1. The smallest absolute Gasteiger partial charge is 0.236 e. The molecule has 2 rings (SSSR count). The third-order valence-electron chi connectivity index (χ3n) is 3.22. The Hall–Kier alpha value is -0.650. The van der Waals surface area contributed by atoms with Gasteiger partial charge in [0.25, 0.3) is 0 Å². The molecule has 2 aliphatic heterocycles. The molecular weight excluding hydrogens is 182 g/mol. The normalized spacial score (nSPS) is 36.0. The van der Waals surface area contributed by atoms with E-state index in [9.17, 15) is 10.0 Å². The summed E-state index contributed by atoms with van der Waals surface area (Å²) in [6, 6.07) is 0.431. The van der Waals surface area contributed by atoms with E-state index in [0.717, 1.165) is 13.0 Å². The highest BCUT2D eigenvalue weighted by atomic mass is 16.5. The lowest BCUT2D eigenvalue weighted by atomic mass is 10.0. The molecule has 5 nitrogen and oxygen atoms in total. The van der Waals surface area contributed by atoms with Crippen molar-refractivity contribution in [3.8, 4) is 0 Å². The van der Waals surface area contributed by atoms with Crippen LogP contribution in [0, 0.1) is 0 Å². The van der Waals surface area contributed by atoms with E-state index >= 15 is 0 Å². The fourth-order valence-corrected chi connectivity index (χ4v) is 2.40. The Bertz CT molecular complexity index is 234. The zero-order chi connectivity index (χ0) is 10.1. The SMILES string of the molecule is CN1CCCC1C1CNC(=O)CN1O. The van der Waals surface area contributed by atoms with Gasteiger partial charge in [-0.1, -0.05) is 0 Å². The second-order valence-electron chi connectivity index (χ2n) is 4.16. The summed E-state index contributed by atoms with van der Waals surface area (Å²) in [5.74, 6) is -0.0931. The van der Waals surface area contributed by atoms with Crippen LogP contribution < -0.4 is 5.32 Å². The second kappa shape index (κ2) is 3.84. The van der Waals surface area contributed by atoms with Crippen molar-refractivity contribution in [2.24, 2.45) is 0 Å². The monoisotopic (exact) mass is 199 g/mol. The molecule has 1 amide bonds. The van der Waals surface area contributed by atoms with Crippen LogP contribution in [-0.2, 0) is 4.79 Å². The Balaban J connectivity index is 1.99. The Morgan fingerprint density at radius 2 is 2.29 bits per heavy atom. The average molecular weight is 199 g/mol. The average Bonchev–Trinajstić information content (AvgIpc) is 2.52. The molecule has 0 aromatic heterocycles. The molecule has 2 unspecified atom stereocenters. The van der Waals surface area contributed by atoms with Crippen molar-refractivity contribution >= 4 is 5.91 Å². The molecule has 0 saturated carbocycles. The lowest BCUT2D eigenvalue weighted by molar-refractivity contribution is -0.167. The molecule has 0 bridgehead atoms. The van der Waals surface area contributed by atoms with Gasteiger partial charge in [-0.2, -0.15) is 5.06 Å². The number of carbonyl (C=O) groups is 1. The quantitative estimate of drug-likeness (QED) is 0.584. The van der Waals surface area contributed by atoms with Crippen LogP contribution in [0.4, 0.5) is 0 Å². The summed E-state index contributed by atoms with van der Waals surface area (Å²) < 4.78 is 0. The molecule has 2 fully saturated rings. The Morgan fingerprint density at radius 1 is 1.50 bits per heavy atom. The van der Waals surface area contributed by atoms with Gasteiger partial charge in [-0.3, -0.25) is 4.79 Å². The molecule has 2 saturated heterocycles. The van der Waals surface area contributed by atoms with Crippen LogP contribution in [0.3, 0.4) is 0 Å². The van der Waals surface area contributed by atoms with Crippen molar-refractivity contribution in [1.82, 2.24) is 15.3 Å². The number of rotatable bonds is 1. The summed E-state index contributed by atoms with van der Waals surface area (Å²) in [5, 5.41) is 13.6. The number of carbonyl (C=O) groups excluding carboxylic acids is 1. The fourth-order valence-electron chi connectivity index (χ4n) is 2.40. The molecule has 0 aromatic rings. The first-order valence-corrected chi connectivity index (χ1v) is 5.11. The lowest BCUT2D eigenvalue weighted by Crippen LogP contribution is -2.59. The number of likely N-dealkylation sites (tertiary alicyclic amines) is 1. The molecule has 0 aliphatic carbocycles. The molecule has 0 radical (unpaired) electrons. The molecule has 0 spiro atoms. The van der Waals surface area contributed by atoms with Crippen molar-refractivity contribution in [1.29, 1.82) is 0 Å². The third-order valence-corrected chi connectivity index (χ3v) is 3.22. The summed E-state index contributed by atoms with van der Waals surface area (Å²) in [5.41, 5.74) is 0. The molecule has 0 aromatic carbocycles. The number of hydrogen-bond donors (Lipinski definition) is 2. The van der Waals surface area contributed by atoms with Crippen molar-refractivity contribution < 1.29 is 10.0 Å². The largest absolute Gasteiger partial charge is 0.353 e. The summed E-state index contributed by atoms with van der Waals surface area (Å²) in [4.78, 5) is 13.2. The van der Waals surface area contributed by atoms with Crippen LogP contribution in [0.1, 0.15) is 12.8 Å². The highest BCUT2D eigenvalue weighted by molar-refractivity contribution is 5.78. The maximum atomic E-state index is 11.0. The highest BCUT2D eigenvalue weighted by Gasteiger charge is 2.36. The molecule has 2 atom stereocenters. The van der Waals surface area contributed by atoms with Gasteiger partial charge in [-0.25, -0.2) is 0 Å². The number of likely N-dealkylation sites (N-methyl/N-ethyl adjacent to an activating group) is 1. The number of amides is 1.